The van der Waals surface area contributed by atoms with E-state index in [0.717, 1.165) is 23.9 Å². The Kier molecular flexibility index (Phi) is 6.02. The predicted octanol–water partition coefficient (Wildman–Crippen LogP) is 3.68. The molecular formula is C16H24BrNO2. The van der Waals surface area contributed by atoms with Crippen LogP contribution in [0.5, 0.6) is 0 Å². The summed E-state index contributed by atoms with van der Waals surface area (Å²) in [7, 11) is 1.96. The summed E-state index contributed by atoms with van der Waals surface area (Å²) in [5, 5.41) is 3.23. The Hall–Kier alpha value is -0.420. The smallest absolute Gasteiger partial charge is 0.0953 e. The summed E-state index contributed by atoms with van der Waals surface area (Å²) in [5.41, 5.74) is 1.21. The SMILES string of the molecule is CNCC(OC1CC(C)OC(C)C1)c1cccc(Br)c1. The molecule has 1 aliphatic heterocycles. The van der Waals surface area contributed by atoms with Crippen molar-refractivity contribution >= 4 is 15.9 Å². The first kappa shape index (κ1) is 16.0. The summed E-state index contributed by atoms with van der Waals surface area (Å²) < 4.78 is 13.2. The molecule has 112 valence electrons. The first-order valence-corrected chi connectivity index (χ1v) is 8.08. The molecule has 1 aliphatic rings. The van der Waals surface area contributed by atoms with E-state index in [9.17, 15) is 0 Å². The summed E-state index contributed by atoms with van der Waals surface area (Å²) in [4.78, 5) is 0. The van der Waals surface area contributed by atoms with Gasteiger partial charge >= 0.3 is 0 Å². The van der Waals surface area contributed by atoms with Gasteiger partial charge in [-0.05, 0) is 51.4 Å². The van der Waals surface area contributed by atoms with Gasteiger partial charge in [0.2, 0.25) is 0 Å². The summed E-state index contributed by atoms with van der Waals surface area (Å²) >= 11 is 3.53. The van der Waals surface area contributed by atoms with Crippen molar-refractivity contribution in [3.05, 3.63) is 34.3 Å². The molecule has 1 N–H and O–H groups in total. The van der Waals surface area contributed by atoms with Gasteiger partial charge in [0, 0.05) is 11.0 Å². The summed E-state index contributed by atoms with van der Waals surface area (Å²) in [6.07, 6.45) is 2.85. The van der Waals surface area contributed by atoms with Crippen molar-refractivity contribution in [1.82, 2.24) is 5.32 Å². The van der Waals surface area contributed by atoms with Gasteiger partial charge in [0.25, 0.3) is 0 Å². The number of hydrogen-bond donors (Lipinski definition) is 1. The largest absolute Gasteiger partial charge is 0.375 e. The Morgan fingerprint density at radius 1 is 1.35 bits per heavy atom. The normalized spacial score (nSPS) is 28.3. The highest BCUT2D eigenvalue weighted by Gasteiger charge is 2.27. The predicted molar refractivity (Wildman–Crippen MR) is 84.9 cm³/mol. The van der Waals surface area contributed by atoms with Crippen LogP contribution in [0.25, 0.3) is 0 Å². The zero-order valence-corrected chi connectivity index (χ0v) is 14.0. The van der Waals surface area contributed by atoms with Crippen molar-refractivity contribution in [2.45, 2.75) is 51.1 Å². The van der Waals surface area contributed by atoms with Gasteiger partial charge in [-0.15, -0.1) is 0 Å². The third-order valence-corrected chi connectivity index (χ3v) is 4.11. The molecule has 1 aromatic rings. The van der Waals surface area contributed by atoms with Crippen molar-refractivity contribution in [3.8, 4) is 0 Å². The first-order valence-electron chi connectivity index (χ1n) is 7.29. The highest BCUT2D eigenvalue weighted by Crippen LogP contribution is 2.28. The maximum Gasteiger partial charge on any atom is 0.0953 e. The average molecular weight is 342 g/mol. The zero-order chi connectivity index (χ0) is 14.5. The Labute approximate surface area is 130 Å². The minimum atomic E-state index is 0.0833. The number of halogens is 1. The monoisotopic (exact) mass is 341 g/mol. The maximum atomic E-state index is 6.35. The van der Waals surface area contributed by atoms with Crippen LogP contribution in [0.1, 0.15) is 38.4 Å². The van der Waals surface area contributed by atoms with E-state index in [-0.39, 0.29) is 24.4 Å². The fourth-order valence-electron chi connectivity index (χ4n) is 2.82. The summed E-state index contributed by atoms with van der Waals surface area (Å²) in [6.45, 7) is 5.06. The van der Waals surface area contributed by atoms with E-state index in [1.165, 1.54) is 5.56 Å². The Bertz CT molecular complexity index is 417. The van der Waals surface area contributed by atoms with Crippen LogP contribution < -0.4 is 5.32 Å². The highest BCUT2D eigenvalue weighted by atomic mass is 79.9. The van der Waals surface area contributed by atoms with Gasteiger partial charge in [-0.25, -0.2) is 0 Å². The Morgan fingerprint density at radius 2 is 2.05 bits per heavy atom. The van der Waals surface area contributed by atoms with Gasteiger partial charge in [-0.2, -0.15) is 0 Å². The lowest BCUT2D eigenvalue weighted by molar-refractivity contribution is -0.121. The Morgan fingerprint density at radius 3 is 2.65 bits per heavy atom. The van der Waals surface area contributed by atoms with Crippen molar-refractivity contribution in [3.63, 3.8) is 0 Å². The fraction of sp³-hybridized carbons (Fsp3) is 0.625. The van der Waals surface area contributed by atoms with E-state index in [1.807, 2.05) is 13.1 Å². The van der Waals surface area contributed by atoms with Crippen molar-refractivity contribution in [1.29, 1.82) is 0 Å². The molecule has 0 spiro atoms. The zero-order valence-electron chi connectivity index (χ0n) is 12.4. The topological polar surface area (TPSA) is 30.5 Å². The molecule has 2 rings (SSSR count). The van der Waals surface area contributed by atoms with Crippen molar-refractivity contribution < 1.29 is 9.47 Å². The molecule has 0 amide bonds. The minimum absolute atomic E-state index is 0.0833. The average Bonchev–Trinajstić information content (AvgIpc) is 2.37. The van der Waals surface area contributed by atoms with Crippen LogP contribution in [-0.2, 0) is 9.47 Å². The number of hydrogen-bond acceptors (Lipinski definition) is 3. The Balaban J connectivity index is 2.05. The summed E-state index contributed by atoms with van der Waals surface area (Å²) in [5.74, 6) is 0. The van der Waals surface area contributed by atoms with Gasteiger partial charge in [-0.3, -0.25) is 0 Å². The molecular weight excluding hydrogens is 318 g/mol. The van der Waals surface area contributed by atoms with E-state index >= 15 is 0 Å². The molecule has 0 aliphatic carbocycles. The maximum absolute atomic E-state index is 6.35. The van der Waals surface area contributed by atoms with Crippen LogP contribution in [0.4, 0.5) is 0 Å². The second kappa shape index (κ2) is 7.55. The quantitative estimate of drug-likeness (QED) is 0.885. The molecule has 20 heavy (non-hydrogen) atoms. The van der Waals surface area contributed by atoms with E-state index in [2.05, 4.69) is 53.3 Å². The number of rotatable bonds is 5. The van der Waals surface area contributed by atoms with Crippen LogP contribution in [0, 0.1) is 0 Å². The van der Waals surface area contributed by atoms with Gasteiger partial charge in [0.1, 0.15) is 0 Å². The molecule has 3 atom stereocenters. The molecule has 0 aromatic heterocycles. The van der Waals surface area contributed by atoms with Gasteiger partial charge in [0.05, 0.1) is 24.4 Å². The van der Waals surface area contributed by atoms with Crippen molar-refractivity contribution in [2.75, 3.05) is 13.6 Å². The molecule has 1 heterocycles. The van der Waals surface area contributed by atoms with Gasteiger partial charge < -0.3 is 14.8 Å². The molecule has 3 unspecified atom stereocenters. The van der Waals surface area contributed by atoms with Crippen LogP contribution in [0.2, 0.25) is 0 Å². The molecule has 4 heteroatoms. The molecule has 0 radical (unpaired) electrons. The molecule has 1 aromatic carbocycles. The molecule has 0 bridgehead atoms. The van der Waals surface area contributed by atoms with E-state index in [1.54, 1.807) is 0 Å². The number of nitrogens with one attached hydrogen (secondary N) is 1. The summed E-state index contributed by atoms with van der Waals surface area (Å²) in [6, 6.07) is 8.35. The standard InChI is InChI=1S/C16H24BrNO2/c1-11-7-15(8-12(2)19-11)20-16(10-18-3)13-5-4-6-14(17)9-13/h4-6,9,11-12,15-16,18H,7-8,10H2,1-3H3. The van der Waals surface area contributed by atoms with Crippen LogP contribution in [-0.4, -0.2) is 31.9 Å². The second-order valence-electron chi connectivity index (χ2n) is 5.59. The van der Waals surface area contributed by atoms with Crippen LogP contribution in [0.3, 0.4) is 0 Å². The lowest BCUT2D eigenvalue weighted by Crippen LogP contribution is -2.36. The lowest BCUT2D eigenvalue weighted by Gasteiger charge is -2.34. The van der Waals surface area contributed by atoms with E-state index in [4.69, 9.17) is 9.47 Å². The van der Waals surface area contributed by atoms with Crippen molar-refractivity contribution in [2.24, 2.45) is 0 Å². The van der Waals surface area contributed by atoms with Crippen LogP contribution in [0.15, 0.2) is 28.7 Å². The third-order valence-electron chi connectivity index (χ3n) is 3.62. The highest BCUT2D eigenvalue weighted by molar-refractivity contribution is 9.10. The molecule has 3 nitrogen and oxygen atoms in total. The number of likely N-dealkylation sites (N-methyl/N-ethyl adjacent to an activating group) is 1. The fourth-order valence-corrected chi connectivity index (χ4v) is 3.24. The third kappa shape index (κ3) is 4.55. The lowest BCUT2D eigenvalue weighted by atomic mass is 10.0. The molecule has 1 fully saturated rings. The number of ether oxygens (including phenoxy) is 2. The van der Waals surface area contributed by atoms with E-state index in [0.29, 0.717) is 0 Å². The van der Waals surface area contributed by atoms with Gasteiger partial charge in [0.15, 0.2) is 0 Å². The first-order chi connectivity index (χ1) is 9.58. The van der Waals surface area contributed by atoms with Crippen LogP contribution >= 0.6 is 15.9 Å². The second-order valence-corrected chi connectivity index (χ2v) is 6.50. The van der Waals surface area contributed by atoms with E-state index < -0.39 is 0 Å². The number of benzene rings is 1. The van der Waals surface area contributed by atoms with Gasteiger partial charge in [-0.1, -0.05) is 28.1 Å². The minimum Gasteiger partial charge on any atom is -0.375 e. The molecule has 1 saturated heterocycles. The molecule has 0 saturated carbocycles.